The lowest BCUT2D eigenvalue weighted by atomic mass is 10.0. The van der Waals surface area contributed by atoms with Crippen molar-refractivity contribution in [1.82, 2.24) is 5.01 Å². The van der Waals surface area contributed by atoms with Gasteiger partial charge in [0.15, 0.2) is 0 Å². The number of aliphatic hydroxyl groups is 1. The minimum absolute atomic E-state index is 0.0645. The van der Waals surface area contributed by atoms with E-state index >= 15 is 0 Å². The SMILES string of the molecule is COc1cccc(C2=NN(C(=O)CC#N)C(O)(C(F)(F)F)C2)c1. The number of carbonyl (C=O) groups is 1. The van der Waals surface area contributed by atoms with Gasteiger partial charge in [0.1, 0.15) is 12.2 Å². The summed E-state index contributed by atoms with van der Waals surface area (Å²) in [5, 5.41) is 22.0. The minimum atomic E-state index is -5.12. The first-order valence-electron chi connectivity index (χ1n) is 6.44. The van der Waals surface area contributed by atoms with Gasteiger partial charge in [0, 0.05) is 5.56 Å². The Hall–Kier alpha value is -2.60. The van der Waals surface area contributed by atoms with Crippen LogP contribution in [0.15, 0.2) is 29.4 Å². The summed E-state index contributed by atoms with van der Waals surface area (Å²) in [4.78, 5) is 11.7. The molecule has 0 radical (unpaired) electrons. The molecule has 0 fully saturated rings. The van der Waals surface area contributed by atoms with Crippen LogP contribution in [0.3, 0.4) is 0 Å². The average Bonchev–Trinajstić information content (AvgIpc) is 2.87. The van der Waals surface area contributed by atoms with Crippen LogP contribution in [-0.4, -0.2) is 40.7 Å². The monoisotopic (exact) mass is 327 g/mol. The first kappa shape index (κ1) is 16.8. The Balaban J connectivity index is 2.45. The Morgan fingerprint density at radius 1 is 1.57 bits per heavy atom. The van der Waals surface area contributed by atoms with Crippen molar-refractivity contribution in [3.8, 4) is 11.8 Å². The second kappa shape index (κ2) is 5.89. The van der Waals surface area contributed by atoms with Crippen LogP contribution in [-0.2, 0) is 4.79 Å². The molecule has 1 N–H and O–H groups in total. The topological polar surface area (TPSA) is 85.9 Å². The Morgan fingerprint density at radius 3 is 2.83 bits per heavy atom. The molecule has 9 heteroatoms. The number of methoxy groups -OCH3 is 1. The van der Waals surface area contributed by atoms with Crippen molar-refractivity contribution in [2.75, 3.05) is 7.11 Å². The Bertz CT molecular complexity index is 696. The summed E-state index contributed by atoms with van der Waals surface area (Å²) in [5.74, 6) is -0.840. The number of alkyl halides is 3. The van der Waals surface area contributed by atoms with Crippen molar-refractivity contribution in [3.63, 3.8) is 0 Å². The molecule has 1 heterocycles. The molecular weight excluding hydrogens is 315 g/mol. The van der Waals surface area contributed by atoms with Crippen molar-refractivity contribution in [1.29, 1.82) is 5.26 Å². The summed E-state index contributed by atoms with van der Waals surface area (Å²) >= 11 is 0. The van der Waals surface area contributed by atoms with Gasteiger partial charge < -0.3 is 9.84 Å². The van der Waals surface area contributed by atoms with Crippen LogP contribution in [0.5, 0.6) is 5.75 Å². The van der Waals surface area contributed by atoms with Crippen LogP contribution in [0.25, 0.3) is 0 Å². The average molecular weight is 327 g/mol. The van der Waals surface area contributed by atoms with Gasteiger partial charge in [-0.25, -0.2) is 0 Å². The molecule has 1 atom stereocenters. The lowest BCUT2D eigenvalue weighted by molar-refractivity contribution is -0.302. The number of nitriles is 1. The molecule has 1 aromatic rings. The van der Waals surface area contributed by atoms with Gasteiger partial charge in [-0.1, -0.05) is 12.1 Å². The third kappa shape index (κ3) is 2.98. The summed E-state index contributed by atoms with van der Waals surface area (Å²) in [6.45, 7) is 0. The van der Waals surface area contributed by atoms with E-state index in [9.17, 15) is 23.1 Å². The third-order valence-corrected chi connectivity index (χ3v) is 3.31. The van der Waals surface area contributed by atoms with Crippen molar-refractivity contribution in [3.05, 3.63) is 29.8 Å². The van der Waals surface area contributed by atoms with Crippen LogP contribution >= 0.6 is 0 Å². The van der Waals surface area contributed by atoms with Crippen LogP contribution in [0.2, 0.25) is 0 Å². The Labute approximate surface area is 129 Å². The Morgan fingerprint density at radius 2 is 2.26 bits per heavy atom. The molecule has 1 unspecified atom stereocenters. The normalized spacial score (nSPS) is 20.9. The standard InChI is InChI=1S/C14H12F3N3O3/c1-23-10-4-2-3-9(7-10)11-8-13(22,14(15,16)17)20(19-11)12(21)5-6-18/h2-4,7,22H,5,8H2,1H3. The maximum atomic E-state index is 13.2. The van der Waals surface area contributed by atoms with Gasteiger partial charge in [-0.2, -0.15) is 28.5 Å². The van der Waals surface area contributed by atoms with E-state index in [2.05, 4.69) is 5.10 Å². The second-order valence-corrected chi connectivity index (χ2v) is 4.81. The van der Waals surface area contributed by atoms with Gasteiger partial charge in [0.05, 0.1) is 25.3 Å². The smallest absolute Gasteiger partial charge is 0.438 e. The largest absolute Gasteiger partial charge is 0.497 e. The van der Waals surface area contributed by atoms with Crippen molar-refractivity contribution >= 4 is 11.6 Å². The fourth-order valence-corrected chi connectivity index (χ4v) is 2.13. The molecule has 1 aliphatic heterocycles. The Kier molecular flexibility index (Phi) is 4.29. The maximum absolute atomic E-state index is 13.2. The lowest BCUT2D eigenvalue weighted by Gasteiger charge is -2.32. The number of hydrazone groups is 1. The van der Waals surface area contributed by atoms with Crippen molar-refractivity contribution < 1.29 is 27.8 Å². The van der Waals surface area contributed by atoms with E-state index in [1.165, 1.54) is 25.3 Å². The minimum Gasteiger partial charge on any atom is -0.497 e. The first-order chi connectivity index (χ1) is 10.7. The summed E-state index contributed by atoms with van der Waals surface area (Å²) in [7, 11) is 1.39. The highest BCUT2D eigenvalue weighted by Crippen LogP contribution is 2.41. The highest BCUT2D eigenvalue weighted by atomic mass is 19.4. The molecule has 0 saturated carbocycles. The quantitative estimate of drug-likeness (QED) is 0.917. The molecule has 1 aliphatic rings. The molecule has 1 aromatic carbocycles. The number of benzene rings is 1. The summed E-state index contributed by atoms with van der Waals surface area (Å²) in [6, 6.07) is 7.50. The van der Waals surface area contributed by atoms with Gasteiger partial charge in [0.2, 0.25) is 0 Å². The molecule has 0 saturated heterocycles. The fourth-order valence-electron chi connectivity index (χ4n) is 2.13. The first-order valence-corrected chi connectivity index (χ1v) is 6.44. The van der Waals surface area contributed by atoms with E-state index in [4.69, 9.17) is 10.00 Å². The molecule has 0 aliphatic carbocycles. The van der Waals surface area contributed by atoms with E-state index in [1.54, 1.807) is 12.1 Å². The molecule has 2 rings (SSSR count). The second-order valence-electron chi connectivity index (χ2n) is 4.81. The number of rotatable bonds is 3. The van der Waals surface area contributed by atoms with E-state index in [-0.39, 0.29) is 16.3 Å². The molecule has 23 heavy (non-hydrogen) atoms. The van der Waals surface area contributed by atoms with Crippen LogP contribution < -0.4 is 4.74 Å². The van der Waals surface area contributed by atoms with Crippen LogP contribution in [0, 0.1) is 11.3 Å². The number of amides is 1. The number of ether oxygens (including phenoxy) is 1. The molecule has 0 spiro atoms. The lowest BCUT2D eigenvalue weighted by Crippen LogP contribution is -2.56. The van der Waals surface area contributed by atoms with Gasteiger partial charge in [-0.05, 0) is 12.1 Å². The fraction of sp³-hybridized carbons (Fsp3) is 0.357. The molecule has 1 amide bonds. The van der Waals surface area contributed by atoms with Gasteiger partial charge >= 0.3 is 6.18 Å². The summed E-state index contributed by atoms with van der Waals surface area (Å²) in [5.41, 5.74) is -3.33. The predicted octanol–water partition coefficient (Wildman–Crippen LogP) is 1.80. The number of halogens is 3. The van der Waals surface area contributed by atoms with Crippen LogP contribution in [0.4, 0.5) is 13.2 Å². The molecule has 0 aromatic heterocycles. The molecule has 6 nitrogen and oxygen atoms in total. The number of hydrogen-bond acceptors (Lipinski definition) is 5. The number of hydrogen-bond donors (Lipinski definition) is 1. The zero-order valence-electron chi connectivity index (χ0n) is 12.0. The summed E-state index contributed by atoms with van der Waals surface area (Å²) in [6.07, 6.45) is -6.88. The molecule has 122 valence electrons. The van der Waals surface area contributed by atoms with Crippen molar-refractivity contribution in [2.24, 2.45) is 5.10 Å². The van der Waals surface area contributed by atoms with E-state index in [1.807, 2.05) is 0 Å². The molecule has 0 bridgehead atoms. The van der Waals surface area contributed by atoms with Gasteiger partial charge in [0.25, 0.3) is 11.6 Å². The van der Waals surface area contributed by atoms with Gasteiger partial charge in [-0.15, -0.1) is 0 Å². The molecular formula is C14H12F3N3O3. The van der Waals surface area contributed by atoms with E-state index < -0.39 is 30.7 Å². The maximum Gasteiger partial charge on any atom is 0.438 e. The van der Waals surface area contributed by atoms with Crippen molar-refractivity contribution in [2.45, 2.75) is 24.7 Å². The zero-order valence-corrected chi connectivity index (χ0v) is 12.0. The zero-order chi connectivity index (χ0) is 17.3. The van der Waals surface area contributed by atoms with E-state index in [0.29, 0.717) is 5.75 Å². The van der Waals surface area contributed by atoms with Crippen LogP contribution in [0.1, 0.15) is 18.4 Å². The van der Waals surface area contributed by atoms with E-state index in [0.717, 1.165) is 0 Å². The number of nitrogens with zero attached hydrogens (tertiary/aromatic N) is 3. The van der Waals surface area contributed by atoms with Gasteiger partial charge in [-0.3, -0.25) is 4.79 Å². The third-order valence-electron chi connectivity index (χ3n) is 3.31. The number of carbonyl (C=O) groups excluding carboxylic acids is 1. The summed E-state index contributed by atoms with van der Waals surface area (Å²) < 4.78 is 44.6. The predicted molar refractivity (Wildman–Crippen MR) is 72.2 cm³/mol. The highest BCUT2D eigenvalue weighted by molar-refractivity contribution is 6.03. The highest BCUT2D eigenvalue weighted by Gasteiger charge is 2.63.